The minimum absolute atomic E-state index is 0.00727. The van der Waals surface area contributed by atoms with E-state index in [1.54, 1.807) is 23.1 Å². The Balaban J connectivity index is 1.75. The highest BCUT2D eigenvalue weighted by Gasteiger charge is 2.36. The first-order valence-corrected chi connectivity index (χ1v) is 14.9. The van der Waals surface area contributed by atoms with Crippen molar-refractivity contribution in [1.82, 2.24) is 10.2 Å². The molecule has 3 amide bonds. The zero-order chi connectivity index (χ0) is 30.2. The lowest BCUT2D eigenvalue weighted by atomic mass is 9.78. The fourth-order valence-electron chi connectivity index (χ4n) is 5.55. The lowest BCUT2D eigenvalue weighted by Crippen LogP contribution is -2.50. The Morgan fingerprint density at radius 3 is 2.29 bits per heavy atom. The quantitative estimate of drug-likeness (QED) is 0.333. The van der Waals surface area contributed by atoms with Gasteiger partial charge in [-0.15, -0.1) is 0 Å². The van der Waals surface area contributed by atoms with E-state index in [-0.39, 0.29) is 28.9 Å². The molecule has 0 spiro atoms. The third-order valence-electron chi connectivity index (χ3n) is 7.81. The van der Waals surface area contributed by atoms with Crippen LogP contribution in [0.1, 0.15) is 94.6 Å². The summed E-state index contributed by atoms with van der Waals surface area (Å²) in [6.07, 6.45) is 4.00. The molecule has 222 valence electrons. The van der Waals surface area contributed by atoms with Gasteiger partial charge in [0, 0.05) is 36.1 Å². The normalized spacial score (nSPS) is 17.6. The summed E-state index contributed by atoms with van der Waals surface area (Å²) < 4.78 is 0. The first-order chi connectivity index (χ1) is 19.4. The summed E-state index contributed by atoms with van der Waals surface area (Å²) in [7, 11) is 0. The van der Waals surface area contributed by atoms with Crippen molar-refractivity contribution in [2.24, 2.45) is 28.9 Å². The van der Waals surface area contributed by atoms with E-state index < -0.39 is 23.8 Å². The minimum atomic E-state index is -0.662. The maximum atomic E-state index is 13.7. The van der Waals surface area contributed by atoms with Gasteiger partial charge in [0.05, 0.1) is 0 Å². The average molecular weight is 562 g/mol. The van der Waals surface area contributed by atoms with Crippen LogP contribution in [0.15, 0.2) is 54.6 Å². The molecule has 1 heterocycles. The highest BCUT2D eigenvalue weighted by molar-refractivity contribution is 6.09. The van der Waals surface area contributed by atoms with Crippen LogP contribution in [0.5, 0.6) is 0 Å². The molecular formula is C34H47N3O4. The van der Waals surface area contributed by atoms with Gasteiger partial charge in [-0.05, 0) is 61.5 Å². The van der Waals surface area contributed by atoms with Crippen LogP contribution in [0, 0.1) is 23.2 Å². The molecule has 0 radical (unpaired) electrons. The van der Waals surface area contributed by atoms with E-state index in [9.17, 15) is 19.2 Å². The second-order valence-electron chi connectivity index (χ2n) is 13.1. The molecule has 2 aromatic carbocycles. The van der Waals surface area contributed by atoms with Crippen molar-refractivity contribution in [3.63, 3.8) is 0 Å². The van der Waals surface area contributed by atoms with E-state index in [2.05, 4.69) is 26.1 Å². The fourth-order valence-corrected chi connectivity index (χ4v) is 5.55. The van der Waals surface area contributed by atoms with E-state index in [4.69, 9.17) is 5.73 Å². The molecule has 0 aliphatic carbocycles. The molecule has 3 N–H and O–H groups in total. The van der Waals surface area contributed by atoms with Crippen molar-refractivity contribution in [1.29, 1.82) is 0 Å². The standard InChI is InChI=1S/C34H47N3O4/c1-23(2)20-28(27(31(35)39)17-18-34(3,4)5)32(40)36-29-16-9-10-19-37(33(29)41)22-24-12-11-15-26(21-24)30(38)25-13-7-6-8-14-25/h6-8,11-15,21,23,27-29H,9-10,16-20,22H2,1-5H3,(H2,35,39)(H,36,40)/t27-,28+,29-/m0/s1. The van der Waals surface area contributed by atoms with Gasteiger partial charge < -0.3 is 16.0 Å². The van der Waals surface area contributed by atoms with E-state index in [1.165, 1.54) is 0 Å². The van der Waals surface area contributed by atoms with E-state index >= 15 is 0 Å². The van der Waals surface area contributed by atoms with Crippen LogP contribution in [0.2, 0.25) is 0 Å². The highest BCUT2D eigenvalue weighted by Crippen LogP contribution is 2.31. The summed E-state index contributed by atoms with van der Waals surface area (Å²) in [5, 5.41) is 3.02. The summed E-state index contributed by atoms with van der Waals surface area (Å²) in [5.74, 6) is -1.91. The minimum Gasteiger partial charge on any atom is -0.369 e. The smallest absolute Gasteiger partial charge is 0.245 e. The summed E-state index contributed by atoms with van der Waals surface area (Å²) >= 11 is 0. The number of nitrogens with one attached hydrogen (secondary N) is 1. The van der Waals surface area contributed by atoms with Crippen molar-refractivity contribution in [2.75, 3.05) is 6.54 Å². The molecule has 3 rings (SSSR count). The van der Waals surface area contributed by atoms with Crippen molar-refractivity contribution >= 4 is 23.5 Å². The summed E-state index contributed by atoms with van der Waals surface area (Å²) in [6.45, 7) is 11.3. The molecule has 1 aliphatic heterocycles. The zero-order valence-electron chi connectivity index (χ0n) is 25.3. The number of nitrogens with zero attached hydrogens (tertiary/aromatic N) is 1. The Bertz CT molecular complexity index is 1200. The van der Waals surface area contributed by atoms with Gasteiger partial charge in [-0.25, -0.2) is 0 Å². The third-order valence-corrected chi connectivity index (χ3v) is 7.81. The van der Waals surface area contributed by atoms with Gasteiger partial charge >= 0.3 is 0 Å². The Morgan fingerprint density at radius 1 is 0.976 bits per heavy atom. The summed E-state index contributed by atoms with van der Waals surface area (Å²) in [4.78, 5) is 54.6. The molecule has 41 heavy (non-hydrogen) atoms. The molecule has 0 bridgehead atoms. The number of ketones is 1. The van der Waals surface area contributed by atoms with Crippen LogP contribution in [-0.4, -0.2) is 41.0 Å². The summed E-state index contributed by atoms with van der Waals surface area (Å²) in [6, 6.07) is 15.8. The molecule has 1 fully saturated rings. The maximum absolute atomic E-state index is 13.7. The van der Waals surface area contributed by atoms with Crippen LogP contribution in [0.4, 0.5) is 0 Å². The molecule has 1 aliphatic rings. The van der Waals surface area contributed by atoms with Crippen molar-refractivity contribution in [3.8, 4) is 0 Å². The monoisotopic (exact) mass is 561 g/mol. The SMILES string of the molecule is CC(C)C[C@@H](C(=O)N[C@H]1CCCCN(Cc2cccc(C(=O)c3ccccc3)c2)C1=O)[C@H](CCC(C)(C)C)C(N)=O. The number of amides is 3. The second kappa shape index (κ2) is 14.4. The molecule has 0 unspecified atom stereocenters. The number of rotatable bonds is 12. The Kier molecular flexibility index (Phi) is 11.3. The van der Waals surface area contributed by atoms with Gasteiger partial charge in [0.15, 0.2) is 5.78 Å². The molecular weight excluding hydrogens is 514 g/mol. The number of likely N-dealkylation sites (tertiary alicyclic amines) is 1. The molecule has 2 aromatic rings. The van der Waals surface area contributed by atoms with E-state index in [1.807, 2.05) is 50.2 Å². The molecule has 7 nitrogen and oxygen atoms in total. The van der Waals surface area contributed by atoms with Crippen LogP contribution in [0.25, 0.3) is 0 Å². The van der Waals surface area contributed by atoms with Gasteiger partial charge in [-0.1, -0.05) is 83.1 Å². The number of nitrogens with two attached hydrogens (primary N) is 1. The largest absolute Gasteiger partial charge is 0.369 e. The predicted molar refractivity (Wildman–Crippen MR) is 162 cm³/mol. The predicted octanol–water partition coefficient (Wildman–Crippen LogP) is 5.51. The Morgan fingerprint density at radius 2 is 1.66 bits per heavy atom. The molecule has 1 saturated heterocycles. The maximum Gasteiger partial charge on any atom is 0.245 e. The average Bonchev–Trinajstić information content (AvgIpc) is 3.08. The van der Waals surface area contributed by atoms with Gasteiger partial charge in [-0.3, -0.25) is 19.2 Å². The van der Waals surface area contributed by atoms with Gasteiger partial charge in [0.1, 0.15) is 6.04 Å². The lowest BCUT2D eigenvalue weighted by molar-refractivity contribution is -0.139. The van der Waals surface area contributed by atoms with Gasteiger partial charge in [0.2, 0.25) is 17.7 Å². The van der Waals surface area contributed by atoms with Crippen molar-refractivity contribution in [3.05, 3.63) is 71.3 Å². The molecule has 3 atom stereocenters. The number of carbonyl (C=O) groups excluding carboxylic acids is 4. The topological polar surface area (TPSA) is 110 Å². The van der Waals surface area contributed by atoms with Crippen LogP contribution < -0.4 is 11.1 Å². The van der Waals surface area contributed by atoms with Crippen LogP contribution in [-0.2, 0) is 20.9 Å². The number of hydrogen-bond acceptors (Lipinski definition) is 4. The molecule has 7 heteroatoms. The number of primary amides is 1. The number of carbonyl (C=O) groups is 4. The van der Waals surface area contributed by atoms with Crippen molar-refractivity contribution in [2.45, 2.75) is 85.7 Å². The number of hydrogen-bond donors (Lipinski definition) is 2. The first kappa shape index (κ1) is 32.0. The second-order valence-corrected chi connectivity index (χ2v) is 13.1. The molecule has 0 saturated carbocycles. The lowest BCUT2D eigenvalue weighted by Gasteiger charge is -2.30. The van der Waals surface area contributed by atoms with Gasteiger partial charge in [-0.2, -0.15) is 0 Å². The highest BCUT2D eigenvalue weighted by atomic mass is 16.2. The number of benzene rings is 2. The van der Waals surface area contributed by atoms with Crippen molar-refractivity contribution < 1.29 is 19.2 Å². The third kappa shape index (κ3) is 9.55. The first-order valence-electron chi connectivity index (χ1n) is 14.9. The van der Waals surface area contributed by atoms with Gasteiger partial charge in [0.25, 0.3) is 0 Å². The summed E-state index contributed by atoms with van der Waals surface area (Å²) in [5.41, 5.74) is 7.89. The molecule has 0 aromatic heterocycles. The van der Waals surface area contributed by atoms with Crippen LogP contribution in [0.3, 0.4) is 0 Å². The van der Waals surface area contributed by atoms with E-state index in [0.717, 1.165) is 24.8 Å². The van der Waals surface area contributed by atoms with E-state index in [0.29, 0.717) is 43.5 Å². The fraction of sp³-hybridized carbons (Fsp3) is 0.529. The van der Waals surface area contributed by atoms with Crippen LogP contribution >= 0.6 is 0 Å². The zero-order valence-corrected chi connectivity index (χ0v) is 25.3. The Hall–Kier alpha value is -3.48. The Labute approximate surface area is 245 Å².